The largest absolute Gasteiger partial charge is 0.465 e. The first-order valence-corrected chi connectivity index (χ1v) is 7.84. The fourth-order valence-corrected chi connectivity index (χ4v) is 2.10. The van der Waals surface area contributed by atoms with Crippen LogP contribution < -0.4 is 0 Å². The fraction of sp³-hybridized carbons (Fsp3) is 0.211. The van der Waals surface area contributed by atoms with E-state index in [1.54, 1.807) is 67.6 Å². The summed E-state index contributed by atoms with van der Waals surface area (Å²) < 4.78 is 10.0. The van der Waals surface area contributed by atoms with Crippen LogP contribution in [-0.2, 0) is 14.3 Å². The number of benzene rings is 2. The van der Waals surface area contributed by atoms with Crippen molar-refractivity contribution >= 4 is 17.8 Å². The highest BCUT2D eigenvalue weighted by molar-refractivity contribution is 5.96. The van der Waals surface area contributed by atoms with Gasteiger partial charge >= 0.3 is 11.9 Å². The number of amides is 1. The Bertz CT molecular complexity index is 715. The van der Waals surface area contributed by atoms with Crippen LogP contribution in [0.4, 0.5) is 0 Å². The second-order valence-electron chi connectivity index (χ2n) is 5.10. The molecule has 0 saturated carbocycles. The predicted molar refractivity (Wildman–Crippen MR) is 90.8 cm³/mol. The van der Waals surface area contributed by atoms with Crippen LogP contribution in [0.25, 0.3) is 0 Å². The smallest absolute Gasteiger partial charge is 0.339 e. The molecule has 1 amide bonds. The van der Waals surface area contributed by atoms with Crippen LogP contribution in [0, 0.1) is 0 Å². The van der Waals surface area contributed by atoms with Crippen molar-refractivity contribution in [3.63, 3.8) is 0 Å². The van der Waals surface area contributed by atoms with Gasteiger partial charge in [0.1, 0.15) is 6.54 Å². The van der Waals surface area contributed by atoms with E-state index in [-0.39, 0.29) is 19.9 Å². The Hall–Kier alpha value is -3.15. The Morgan fingerprint density at radius 3 is 1.96 bits per heavy atom. The van der Waals surface area contributed by atoms with Gasteiger partial charge in [-0.15, -0.1) is 0 Å². The molecular formula is C19H19NO5. The molecule has 0 spiro atoms. The SMILES string of the molecule is CCOC(=O)CN(COC(=O)c1ccccc1)C(=O)c1ccccc1. The highest BCUT2D eigenvalue weighted by Crippen LogP contribution is 2.07. The van der Waals surface area contributed by atoms with Gasteiger partial charge < -0.3 is 9.47 Å². The van der Waals surface area contributed by atoms with Crippen LogP contribution in [0.5, 0.6) is 0 Å². The molecule has 0 aliphatic carbocycles. The lowest BCUT2D eigenvalue weighted by molar-refractivity contribution is -0.144. The molecule has 2 aromatic rings. The number of hydrogen-bond acceptors (Lipinski definition) is 5. The second-order valence-corrected chi connectivity index (χ2v) is 5.10. The number of carbonyl (C=O) groups excluding carboxylic acids is 3. The van der Waals surface area contributed by atoms with Gasteiger partial charge in [0.2, 0.25) is 0 Å². The molecule has 0 atom stereocenters. The van der Waals surface area contributed by atoms with Crippen molar-refractivity contribution in [1.82, 2.24) is 4.90 Å². The molecule has 0 saturated heterocycles. The second kappa shape index (κ2) is 9.22. The van der Waals surface area contributed by atoms with Gasteiger partial charge in [0.05, 0.1) is 12.2 Å². The third-order valence-electron chi connectivity index (χ3n) is 3.29. The molecule has 0 radical (unpaired) electrons. The van der Waals surface area contributed by atoms with Crippen LogP contribution >= 0.6 is 0 Å². The molecule has 0 aliphatic heterocycles. The summed E-state index contributed by atoms with van der Waals surface area (Å²) in [6.45, 7) is 1.23. The molecule has 25 heavy (non-hydrogen) atoms. The van der Waals surface area contributed by atoms with Gasteiger partial charge in [0.25, 0.3) is 5.91 Å². The number of rotatable bonds is 7. The molecule has 0 bridgehead atoms. The van der Waals surface area contributed by atoms with E-state index in [9.17, 15) is 14.4 Å². The number of ether oxygens (including phenoxy) is 2. The summed E-state index contributed by atoms with van der Waals surface area (Å²) in [5.74, 6) is -1.56. The highest BCUT2D eigenvalue weighted by Gasteiger charge is 2.21. The van der Waals surface area contributed by atoms with E-state index in [0.717, 1.165) is 4.90 Å². The lowest BCUT2D eigenvalue weighted by atomic mass is 10.2. The topological polar surface area (TPSA) is 72.9 Å². The molecule has 0 fully saturated rings. The Balaban J connectivity index is 2.07. The Morgan fingerprint density at radius 2 is 1.40 bits per heavy atom. The Labute approximate surface area is 146 Å². The fourth-order valence-electron chi connectivity index (χ4n) is 2.10. The summed E-state index contributed by atoms with van der Waals surface area (Å²) in [6, 6.07) is 16.9. The van der Waals surface area contributed by atoms with E-state index in [4.69, 9.17) is 9.47 Å². The van der Waals surface area contributed by atoms with Crippen LogP contribution in [0.2, 0.25) is 0 Å². The molecule has 130 valence electrons. The van der Waals surface area contributed by atoms with Gasteiger partial charge in [-0.1, -0.05) is 36.4 Å². The zero-order valence-electron chi connectivity index (χ0n) is 13.9. The molecular weight excluding hydrogens is 322 g/mol. The van der Waals surface area contributed by atoms with Crippen LogP contribution in [0.3, 0.4) is 0 Å². The Morgan fingerprint density at radius 1 is 0.840 bits per heavy atom. The minimum absolute atomic E-state index is 0.204. The molecule has 6 heteroatoms. The maximum Gasteiger partial charge on any atom is 0.339 e. The van der Waals surface area contributed by atoms with Crippen LogP contribution in [0.15, 0.2) is 60.7 Å². The number of nitrogens with zero attached hydrogens (tertiary/aromatic N) is 1. The first-order chi connectivity index (χ1) is 12.1. The molecule has 2 aromatic carbocycles. The summed E-state index contributed by atoms with van der Waals surface area (Å²) in [6.07, 6.45) is 0. The molecule has 0 aliphatic rings. The van der Waals surface area contributed by atoms with Crippen molar-refractivity contribution in [3.8, 4) is 0 Å². The highest BCUT2D eigenvalue weighted by atomic mass is 16.6. The van der Waals surface area contributed by atoms with Crippen LogP contribution in [-0.4, -0.2) is 42.6 Å². The maximum absolute atomic E-state index is 12.6. The van der Waals surface area contributed by atoms with Crippen molar-refractivity contribution in [3.05, 3.63) is 71.8 Å². The normalized spacial score (nSPS) is 9.96. The molecule has 6 nitrogen and oxygen atoms in total. The average Bonchev–Trinajstić information content (AvgIpc) is 2.66. The van der Waals surface area contributed by atoms with Gasteiger partial charge in [-0.05, 0) is 31.2 Å². The molecule has 0 aromatic heterocycles. The molecule has 0 N–H and O–H groups in total. The minimum atomic E-state index is -0.574. The first-order valence-electron chi connectivity index (χ1n) is 7.84. The predicted octanol–water partition coefficient (Wildman–Crippen LogP) is 2.51. The quantitative estimate of drug-likeness (QED) is 0.571. The van der Waals surface area contributed by atoms with E-state index >= 15 is 0 Å². The van der Waals surface area contributed by atoms with Gasteiger partial charge in [0.15, 0.2) is 6.73 Å². The van der Waals surface area contributed by atoms with E-state index in [2.05, 4.69) is 0 Å². The van der Waals surface area contributed by atoms with Gasteiger partial charge in [0, 0.05) is 5.56 Å². The minimum Gasteiger partial charge on any atom is -0.465 e. The number of carbonyl (C=O) groups is 3. The zero-order valence-corrected chi connectivity index (χ0v) is 13.9. The summed E-state index contributed by atoms with van der Waals surface area (Å²) in [5, 5.41) is 0. The summed E-state index contributed by atoms with van der Waals surface area (Å²) >= 11 is 0. The van der Waals surface area contributed by atoms with Crippen molar-refractivity contribution in [2.24, 2.45) is 0 Å². The molecule has 0 unspecified atom stereocenters. The van der Waals surface area contributed by atoms with Gasteiger partial charge in [-0.2, -0.15) is 0 Å². The average molecular weight is 341 g/mol. The summed E-state index contributed by atoms with van der Waals surface area (Å²) in [7, 11) is 0. The maximum atomic E-state index is 12.6. The van der Waals surface area contributed by atoms with Crippen molar-refractivity contribution in [2.75, 3.05) is 19.9 Å². The van der Waals surface area contributed by atoms with Crippen molar-refractivity contribution in [2.45, 2.75) is 6.92 Å². The van der Waals surface area contributed by atoms with Crippen molar-refractivity contribution < 1.29 is 23.9 Å². The Kier molecular flexibility index (Phi) is 6.71. The van der Waals surface area contributed by atoms with Crippen molar-refractivity contribution in [1.29, 1.82) is 0 Å². The third-order valence-corrected chi connectivity index (χ3v) is 3.29. The van der Waals surface area contributed by atoms with E-state index in [1.165, 1.54) is 0 Å². The number of esters is 2. The van der Waals surface area contributed by atoms with E-state index in [1.807, 2.05) is 0 Å². The molecule has 0 heterocycles. The summed E-state index contributed by atoms with van der Waals surface area (Å²) in [4.78, 5) is 37.5. The molecule has 2 rings (SSSR count). The van der Waals surface area contributed by atoms with Gasteiger partial charge in [-0.25, -0.2) is 4.79 Å². The van der Waals surface area contributed by atoms with Gasteiger partial charge in [-0.3, -0.25) is 14.5 Å². The standard InChI is InChI=1S/C19H19NO5/c1-2-24-17(21)13-20(18(22)15-9-5-3-6-10-15)14-25-19(23)16-11-7-4-8-12-16/h3-12H,2,13-14H2,1H3. The lowest BCUT2D eigenvalue weighted by Gasteiger charge is -2.21. The van der Waals surface area contributed by atoms with E-state index in [0.29, 0.717) is 11.1 Å². The monoisotopic (exact) mass is 341 g/mol. The lowest BCUT2D eigenvalue weighted by Crippen LogP contribution is -2.38. The zero-order chi connectivity index (χ0) is 18.1. The summed E-state index contributed by atoms with van der Waals surface area (Å²) in [5.41, 5.74) is 0.758. The van der Waals surface area contributed by atoms with E-state index < -0.39 is 17.8 Å². The van der Waals surface area contributed by atoms with Crippen LogP contribution in [0.1, 0.15) is 27.6 Å². The third kappa shape index (κ3) is 5.46. The first kappa shape index (κ1) is 18.2. The number of hydrogen-bond donors (Lipinski definition) is 0.